The van der Waals surface area contributed by atoms with Gasteiger partial charge < -0.3 is 10.4 Å². The van der Waals surface area contributed by atoms with Crippen LogP contribution in [0.4, 0.5) is 0 Å². The van der Waals surface area contributed by atoms with E-state index in [1.807, 2.05) is 0 Å². The summed E-state index contributed by atoms with van der Waals surface area (Å²) in [5, 5.41) is 12.2. The van der Waals surface area contributed by atoms with Gasteiger partial charge in [-0.15, -0.1) is 0 Å². The molecule has 18 heavy (non-hydrogen) atoms. The minimum absolute atomic E-state index is 0.0989. The van der Waals surface area contributed by atoms with Crippen LogP contribution in [0.5, 0.6) is 0 Å². The summed E-state index contributed by atoms with van der Waals surface area (Å²) in [6.07, 6.45) is 1.85. The number of nitrogens with one attached hydrogen (secondary N) is 1. The lowest BCUT2D eigenvalue weighted by Gasteiger charge is -2.08. The van der Waals surface area contributed by atoms with E-state index in [2.05, 4.69) is 37.4 Å². The van der Waals surface area contributed by atoms with Crippen molar-refractivity contribution in [3.63, 3.8) is 0 Å². The number of carboxylic acids is 1. The molecule has 1 aliphatic carbocycles. The van der Waals surface area contributed by atoms with Crippen LogP contribution in [0.3, 0.4) is 0 Å². The number of rotatable bonds is 6. The molecule has 1 aromatic carbocycles. The van der Waals surface area contributed by atoms with Crippen LogP contribution in [0.2, 0.25) is 0 Å². The monoisotopic (exact) mass is 247 g/mol. The van der Waals surface area contributed by atoms with Crippen molar-refractivity contribution >= 4 is 5.97 Å². The van der Waals surface area contributed by atoms with Gasteiger partial charge in [-0.05, 0) is 56.8 Å². The topological polar surface area (TPSA) is 49.3 Å². The number of benzene rings is 1. The Labute approximate surface area is 108 Å². The lowest BCUT2D eigenvalue weighted by atomic mass is 10.0. The van der Waals surface area contributed by atoms with Crippen LogP contribution >= 0.6 is 0 Å². The van der Waals surface area contributed by atoms with Gasteiger partial charge in [-0.25, -0.2) is 0 Å². The quantitative estimate of drug-likeness (QED) is 0.757. The lowest BCUT2D eigenvalue weighted by Crippen LogP contribution is -2.21. The SMILES string of the molecule is Cc1ccc(C)c(CCNCC2CC2C(=O)O)c1. The number of aliphatic carboxylic acids is 1. The first kappa shape index (κ1) is 13.1. The number of hydrogen-bond donors (Lipinski definition) is 2. The summed E-state index contributed by atoms with van der Waals surface area (Å²) in [6, 6.07) is 6.52. The lowest BCUT2D eigenvalue weighted by molar-refractivity contribution is -0.138. The highest BCUT2D eigenvalue weighted by molar-refractivity contribution is 5.73. The van der Waals surface area contributed by atoms with E-state index in [4.69, 9.17) is 5.11 Å². The van der Waals surface area contributed by atoms with Gasteiger partial charge in [0.15, 0.2) is 0 Å². The van der Waals surface area contributed by atoms with Crippen LogP contribution in [-0.4, -0.2) is 24.2 Å². The van der Waals surface area contributed by atoms with Crippen molar-refractivity contribution < 1.29 is 9.90 Å². The van der Waals surface area contributed by atoms with Gasteiger partial charge in [-0.1, -0.05) is 23.8 Å². The Hall–Kier alpha value is -1.35. The number of carboxylic acid groups (broad SMARTS) is 1. The Morgan fingerprint density at radius 2 is 2.22 bits per heavy atom. The highest BCUT2D eigenvalue weighted by Gasteiger charge is 2.42. The molecular formula is C15H21NO2. The molecule has 0 aromatic heterocycles. The summed E-state index contributed by atoms with van der Waals surface area (Å²) in [4.78, 5) is 10.7. The Kier molecular flexibility index (Phi) is 4.02. The normalized spacial score (nSPS) is 21.9. The van der Waals surface area contributed by atoms with E-state index in [0.29, 0.717) is 5.92 Å². The van der Waals surface area contributed by atoms with Crippen molar-refractivity contribution in [2.24, 2.45) is 11.8 Å². The first-order chi connectivity index (χ1) is 8.58. The third-order valence-corrected chi connectivity index (χ3v) is 3.72. The molecule has 1 fully saturated rings. The Morgan fingerprint density at radius 1 is 1.44 bits per heavy atom. The second-order valence-corrected chi connectivity index (χ2v) is 5.32. The van der Waals surface area contributed by atoms with E-state index < -0.39 is 5.97 Å². The van der Waals surface area contributed by atoms with E-state index in [1.54, 1.807) is 0 Å². The molecule has 3 heteroatoms. The third-order valence-electron chi connectivity index (χ3n) is 3.72. The molecule has 0 radical (unpaired) electrons. The minimum atomic E-state index is -0.642. The standard InChI is InChI=1S/C15H21NO2/c1-10-3-4-11(2)12(7-10)5-6-16-9-13-8-14(13)15(17)18/h3-4,7,13-14,16H,5-6,8-9H2,1-2H3,(H,17,18). The van der Waals surface area contributed by atoms with E-state index in [1.165, 1.54) is 16.7 Å². The molecule has 0 spiro atoms. The molecule has 1 aromatic rings. The van der Waals surface area contributed by atoms with E-state index >= 15 is 0 Å². The van der Waals surface area contributed by atoms with Crippen LogP contribution in [0.15, 0.2) is 18.2 Å². The van der Waals surface area contributed by atoms with Crippen molar-refractivity contribution in [3.8, 4) is 0 Å². The Balaban J connectivity index is 1.70. The summed E-state index contributed by atoms with van der Waals surface area (Å²) in [7, 11) is 0. The number of aryl methyl sites for hydroxylation is 2. The fourth-order valence-electron chi connectivity index (χ4n) is 2.36. The molecule has 0 bridgehead atoms. The predicted octanol–water partition coefficient (Wildman–Crippen LogP) is 2.16. The summed E-state index contributed by atoms with van der Waals surface area (Å²) in [5.74, 6) is -0.393. The fraction of sp³-hybridized carbons (Fsp3) is 0.533. The van der Waals surface area contributed by atoms with Gasteiger partial charge in [0, 0.05) is 0 Å². The van der Waals surface area contributed by atoms with Crippen molar-refractivity contribution in [2.45, 2.75) is 26.7 Å². The summed E-state index contributed by atoms with van der Waals surface area (Å²) < 4.78 is 0. The van der Waals surface area contributed by atoms with E-state index in [-0.39, 0.29) is 5.92 Å². The molecule has 2 rings (SSSR count). The van der Waals surface area contributed by atoms with Gasteiger partial charge in [0.25, 0.3) is 0 Å². The number of carbonyl (C=O) groups is 1. The van der Waals surface area contributed by atoms with Gasteiger partial charge >= 0.3 is 5.97 Å². The average molecular weight is 247 g/mol. The van der Waals surface area contributed by atoms with Crippen molar-refractivity contribution in [3.05, 3.63) is 34.9 Å². The maximum absolute atomic E-state index is 10.7. The number of hydrogen-bond acceptors (Lipinski definition) is 2. The molecule has 0 amide bonds. The molecule has 3 nitrogen and oxygen atoms in total. The predicted molar refractivity (Wildman–Crippen MR) is 71.7 cm³/mol. The summed E-state index contributed by atoms with van der Waals surface area (Å²) in [5.41, 5.74) is 4.01. The van der Waals surface area contributed by atoms with E-state index in [0.717, 1.165) is 25.9 Å². The fourth-order valence-corrected chi connectivity index (χ4v) is 2.36. The molecule has 2 unspecified atom stereocenters. The van der Waals surface area contributed by atoms with Crippen molar-refractivity contribution in [1.82, 2.24) is 5.32 Å². The Morgan fingerprint density at radius 3 is 2.89 bits per heavy atom. The third kappa shape index (κ3) is 3.33. The molecule has 0 aliphatic heterocycles. The maximum atomic E-state index is 10.7. The zero-order valence-corrected chi connectivity index (χ0v) is 11.1. The smallest absolute Gasteiger partial charge is 0.306 e. The van der Waals surface area contributed by atoms with Gasteiger partial charge in [0.2, 0.25) is 0 Å². The molecule has 2 atom stereocenters. The van der Waals surface area contributed by atoms with Gasteiger partial charge in [-0.2, -0.15) is 0 Å². The molecule has 1 saturated carbocycles. The highest BCUT2D eigenvalue weighted by atomic mass is 16.4. The first-order valence-corrected chi connectivity index (χ1v) is 6.57. The van der Waals surface area contributed by atoms with Crippen LogP contribution in [0.25, 0.3) is 0 Å². The summed E-state index contributed by atoms with van der Waals surface area (Å²) in [6.45, 7) is 6.00. The largest absolute Gasteiger partial charge is 0.481 e. The van der Waals surface area contributed by atoms with Crippen molar-refractivity contribution in [1.29, 1.82) is 0 Å². The maximum Gasteiger partial charge on any atom is 0.306 e. The molecule has 0 saturated heterocycles. The second kappa shape index (κ2) is 5.53. The Bertz CT molecular complexity index is 442. The van der Waals surface area contributed by atoms with Crippen LogP contribution in [0.1, 0.15) is 23.1 Å². The molecule has 2 N–H and O–H groups in total. The minimum Gasteiger partial charge on any atom is -0.481 e. The zero-order chi connectivity index (χ0) is 13.1. The van der Waals surface area contributed by atoms with Gasteiger partial charge in [-0.3, -0.25) is 4.79 Å². The van der Waals surface area contributed by atoms with Crippen molar-refractivity contribution in [2.75, 3.05) is 13.1 Å². The van der Waals surface area contributed by atoms with Gasteiger partial charge in [0.05, 0.1) is 5.92 Å². The molecule has 98 valence electrons. The highest BCUT2D eigenvalue weighted by Crippen LogP contribution is 2.37. The van der Waals surface area contributed by atoms with Crippen LogP contribution in [0, 0.1) is 25.7 Å². The first-order valence-electron chi connectivity index (χ1n) is 6.57. The van der Waals surface area contributed by atoms with Gasteiger partial charge in [0.1, 0.15) is 0 Å². The summed E-state index contributed by atoms with van der Waals surface area (Å²) >= 11 is 0. The average Bonchev–Trinajstić information content (AvgIpc) is 3.08. The molecule has 0 heterocycles. The molecule has 1 aliphatic rings. The zero-order valence-electron chi connectivity index (χ0n) is 11.1. The van der Waals surface area contributed by atoms with Crippen LogP contribution < -0.4 is 5.32 Å². The second-order valence-electron chi connectivity index (χ2n) is 5.32. The van der Waals surface area contributed by atoms with E-state index in [9.17, 15) is 4.79 Å². The molecular weight excluding hydrogens is 226 g/mol. The van der Waals surface area contributed by atoms with Crippen LogP contribution in [-0.2, 0) is 11.2 Å².